The second kappa shape index (κ2) is 6.33. The largest absolute Gasteiger partial charge is 0.360 e. The Balaban J connectivity index is 1.86. The van der Waals surface area contributed by atoms with E-state index >= 15 is 0 Å². The second-order valence-electron chi connectivity index (χ2n) is 5.06. The van der Waals surface area contributed by atoms with Crippen LogP contribution in [0.25, 0.3) is 0 Å². The number of nitrogens with one attached hydrogen (secondary N) is 1. The van der Waals surface area contributed by atoms with Crippen molar-refractivity contribution < 1.29 is 4.92 Å². The number of nitrogens with zero attached hydrogens (tertiary/aromatic N) is 5. The molecule has 0 aromatic carbocycles. The van der Waals surface area contributed by atoms with Gasteiger partial charge in [0.2, 0.25) is 11.6 Å². The van der Waals surface area contributed by atoms with Crippen molar-refractivity contribution in [2.24, 2.45) is 0 Å². The van der Waals surface area contributed by atoms with Gasteiger partial charge in [-0.2, -0.15) is 0 Å². The summed E-state index contributed by atoms with van der Waals surface area (Å²) in [5.74, 6) is 0.636. The first kappa shape index (κ1) is 14.2. The van der Waals surface area contributed by atoms with Crippen molar-refractivity contribution in [3.63, 3.8) is 0 Å². The standard InChI is InChI=1S/C14H16N6O2/c21-20(22)12-13(16-9-11-4-3-5-15-8-11)17-10-18-14(12)19-6-1-2-7-19/h3-5,8,10H,1-2,6-7,9H2,(H,16,17,18). The molecule has 1 aliphatic heterocycles. The Morgan fingerprint density at radius 1 is 1.32 bits per heavy atom. The first-order valence-corrected chi connectivity index (χ1v) is 7.13. The molecule has 0 radical (unpaired) electrons. The SMILES string of the molecule is O=[N+]([O-])c1c(NCc2cccnc2)ncnc1N1CCCC1. The van der Waals surface area contributed by atoms with Gasteiger partial charge in [-0.25, -0.2) is 9.97 Å². The van der Waals surface area contributed by atoms with Crippen LogP contribution in [-0.2, 0) is 6.54 Å². The molecular weight excluding hydrogens is 284 g/mol. The number of hydrogen-bond acceptors (Lipinski definition) is 7. The Labute approximate surface area is 127 Å². The molecule has 1 saturated heterocycles. The molecule has 2 aromatic heterocycles. The summed E-state index contributed by atoms with van der Waals surface area (Å²) >= 11 is 0. The number of nitro groups is 1. The molecule has 8 nitrogen and oxygen atoms in total. The topological polar surface area (TPSA) is 97.1 Å². The average Bonchev–Trinajstić information content (AvgIpc) is 3.07. The van der Waals surface area contributed by atoms with Crippen molar-refractivity contribution in [2.45, 2.75) is 19.4 Å². The monoisotopic (exact) mass is 300 g/mol. The van der Waals surface area contributed by atoms with Gasteiger partial charge >= 0.3 is 5.69 Å². The van der Waals surface area contributed by atoms with Crippen LogP contribution >= 0.6 is 0 Å². The van der Waals surface area contributed by atoms with Crippen LogP contribution in [-0.4, -0.2) is 33.0 Å². The molecule has 1 N–H and O–H groups in total. The Morgan fingerprint density at radius 3 is 2.82 bits per heavy atom. The lowest BCUT2D eigenvalue weighted by Crippen LogP contribution is -2.21. The number of aromatic nitrogens is 3. The van der Waals surface area contributed by atoms with Crippen LogP contribution in [0.4, 0.5) is 17.3 Å². The number of pyridine rings is 1. The van der Waals surface area contributed by atoms with Gasteiger partial charge in [0.1, 0.15) is 6.33 Å². The highest BCUT2D eigenvalue weighted by atomic mass is 16.6. The smallest absolute Gasteiger partial charge is 0.353 e. The van der Waals surface area contributed by atoms with Gasteiger partial charge in [-0.3, -0.25) is 15.1 Å². The summed E-state index contributed by atoms with van der Waals surface area (Å²) in [4.78, 5) is 25.2. The fourth-order valence-electron chi connectivity index (χ4n) is 2.52. The maximum absolute atomic E-state index is 11.5. The Bertz CT molecular complexity index is 658. The normalized spacial score (nSPS) is 14.1. The predicted molar refractivity (Wildman–Crippen MR) is 81.7 cm³/mol. The van der Waals surface area contributed by atoms with E-state index in [0.29, 0.717) is 12.4 Å². The Kier molecular flexibility index (Phi) is 4.08. The molecule has 1 fully saturated rings. The molecule has 0 aliphatic carbocycles. The van der Waals surface area contributed by atoms with Crippen molar-refractivity contribution in [3.8, 4) is 0 Å². The van der Waals surface area contributed by atoms with Gasteiger partial charge in [-0.1, -0.05) is 6.07 Å². The van der Waals surface area contributed by atoms with Gasteiger partial charge in [0, 0.05) is 32.0 Å². The molecule has 2 aromatic rings. The highest BCUT2D eigenvalue weighted by Crippen LogP contribution is 2.33. The van der Waals surface area contributed by atoms with Crippen LogP contribution < -0.4 is 10.2 Å². The van der Waals surface area contributed by atoms with Gasteiger partial charge in [0.15, 0.2) is 0 Å². The summed E-state index contributed by atoms with van der Waals surface area (Å²) < 4.78 is 0. The van der Waals surface area contributed by atoms with Gasteiger partial charge in [-0.05, 0) is 24.5 Å². The Morgan fingerprint density at radius 2 is 2.14 bits per heavy atom. The molecule has 8 heteroatoms. The van der Waals surface area contributed by atoms with Crippen LogP contribution in [0, 0.1) is 10.1 Å². The molecule has 3 heterocycles. The predicted octanol–water partition coefficient (Wildman–Crippen LogP) is 1.99. The molecule has 22 heavy (non-hydrogen) atoms. The average molecular weight is 300 g/mol. The third-order valence-electron chi connectivity index (χ3n) is 3.57. The summed E-state index contributed by atoms with van der Waals surface area (Å²) in [5, 5.41) is 14.5. The first-order valence-electron chi connectivity index (χ1n) is 7.13. The molecule has 1 aliphatic rings. The van der Waals surface area contributed by atoms with E-state index in [2.05, 4.69) is 20.3 Å². The molecule has 0 amide bonds. The summed E-state index contributed by atoms with van der Waals surface area (Å²) in [6.07, 6.45) is 6.81. The maximum Gasteiger partial charge on any atom is 0.353 e. The van der Waals surface area contributed by atoms with Gasteiger partial charge < -0.3 is 10.2 Å². The van der Waals surface area contributed by atoms with Gasteiger partial charge in [-0.15, -0.1) is 0 Å². The fraction of sp³-hybridized carbons (Fsp3) is 0.357. The van der Waals surface area contributed by atoms with Crippen LogP contribution in [0.1, 0.15) is 18.4 Å². The molecule has 0 spiro atoms. The quantitative estimate of drug-likeness (QED) is 0.666. The number of rotatable bonds is 5. The highest BCUT2D eigenvalue weighted by molar-refractivity contribution is 5.70. The van der Waals surface area contributed by atoms with E-state index in [1.807, 2.05) is 17.0 Å². The Hall–Kier alpha value is -2.77. The van der Waals surface area contributed by atoms with E-state index in [9.17, 15) is 10.1 Å². The van der Waals surface area contributed by atoms with Crippen LogP contribution in [0.15, 0.2) is 30.9 Å². The van der Waals surface area contributed by atoms with E-state index < -0.39 is 4.92 Å². The lowest BCUT2D eigenvalue weighted by Gasteiger charge is -2.17. The zero-order chi connectivity index (χ0) is 15.4. The van der Waals surface area contributed by atoms with Crippen molar-refractivity contribution in [3.05, 3.63) is 46.5 Å². The second-order valence-corrected chi connectivity index (χ2v) is 5.06. The van der Waals surface area contributed by atoms with E-state index in [4.69, 9.17) is 0 Å². The van der Waals surface area contributed by atoms with E-state index in [0.717, 1.165) is 31.5 Å². The van der Waals surface area contributed by atoms with Crippen LogP contribution in [0.5, 0.6) is 0 Å². The van der Waals surface area contributed by atoms with Crippen molar-refractivity contribution in [1.29, 1.82) is 0 Å². The molecule has 0 unspecified atom stereocenters. The van der Waals surface area contributed by atoms with E-state index in [-0.39, 0.29) is 11.5 Å². The summed E-state index contributed by atoms with van der Waals surface area (Å²) in [7, 11) is 0. The number of hydrogen-bond donors (Lipinski definition) is 1. The molecule has 3 rings (SSSR count). The molecule has 0 saturated carbocycles. The summed E-state index contributed by atoms with van der Waals surface area (Å²) in [6.45, 7) is 2.00. The van der Waals surface area contributed by atoms with Gasteiger partial charge in [0.25, 0.3) is 0 Å². The third-order valence-corrected chi connectivity index (χ3v) is 3.57. The summed E-state index contributed by atoms with van der Waals surface area (Å²) in [6, 6.07) is 3.72. The minimum Gasteiger partial charge on any atom is -0.360 e. The highest BCUT2D eigenvalue weighted by Gasteiger charge is 2.28. The molecule has 0 bridgehead atoms. The maximum atomic E-state index is 11.5. The van der Waals surface area contributed by atoms with Crippen LogP contribution in [0.2, 0.25) is 0 Å². The van der Waals surface area contributed by atoms with E-state index in [1.54, 1.807) is 12.4 Å². The fourth-order valence-corrected chi connectivity index (χ4v) is 2.52. The molecule has 0 atom stereocenters. The lowest BCUT2D eigenvalue weighted by molar-refractivity contribution is -0.383. The first-order chi connectivity index (χ1) is 10.8. The molecule has 114 valence electrons. The third kappa shape index (κ3) is 2.95. The van der Waals surface area contributed by atoms with E-state index in [1.165, 1.54) is 6.33 Å². The van der Waals surface area contributed by atoms with Gasteiger partial charge in [0.05, 0.1) is 4.92 Å². The minimum absolute atomic E-state index is 0.0618. The summed E-state index contributed by atoms with van der Waals surface area (Å²) in [5.41, 5.74) is 0.867. The molecular formula is C14H16N6O2. The minimum atomic E-state index is -0.417. The lowest BCUT2D eigenvalue weighted by atomic mass is 10.3. The number of anilines is 2. The van der Waals surface area contributed by atoms with Crippen molar-refractivity contribution in [1.82, 2.24) is 15.0 Å². The van der Waals surface area contributed by atoms with Crippen LogP contribution in [0.3, 0.4) is 0 Å². The zero-order valence-corrected chi connectivity index (χ0v) is 12.0. The van der Waals surface area contributed by atoms with Crippen molar-refractivity contribution in [2.75, 3.05) is 23.3 Å². The zero-order valence-electron chi connectivity index (χ0n) is 12.0. The van der Waals surface area contributed by atoms with Crippen molar-refractivity contribution >= 4 is 17.3 Å².